The van der Waals surface area contributed by atoms with Gasteiger partial charge in [-0.05, 0) is 46.0 Å². The summed E-state index contributed by atoms with van der Waals surface area (Å²) < 4.78 is 7.45. The van der Waals surface area contributed by atoms with Crippen molar-refractivity contribution in [2.75, 3.05) is 0 Å². The third-order valence-corrected chi connectivity index (χ3v) is 12.9. The zero-order valence-corrected chi connectivity index (χ0v) is 20.4. The van der Waals surface area contributed by atoms with E-state index in [1.165, 1.54) is 10.4 Å². The molecule has 0 spiro atoms. The maximum Gasteiger partial charge on any atom is 0.261 e. The molecule has 2 saturated carbocycles. The molecule has 2 aliphatic carbocycles. The Labute approximate surface area is 188 Å². The minimum absolute atomic E-state index is 0.0243. The van der Waals surface area contributed by atoms with Gasteiger partial charge in [0.25, 0.3) is 8.32 Å². The molecule has 3 heteroatoms. The van der Waals surface area contributed by atoms with E-state index in [-0.39, 0.29) is 17.1 Å². The maximum atomic E-state index is 12.6. The van der Waals surface area contributed by atoms with Gasteiger partial charge < -0.3 is 4.43 Å². The van der Waals surface area contributed by atoms with Crippen molar-refractivity contribution < 1.29 is 9.22 Å². The van der Waals surface area contributed by atoms with Crippen LogP contribution in [0.2, 0.25) is 5.04 Å². The Bertz CT molecular complexity index is 876. The molecule has 0 aromatic heterocycles. The van der Waals surface area contributed by atoms with Gasteiger partial charge >= 0.3 is 0 Å². The van der Waals surface area contributed by atoms with E-state index in [2.05, 4.69) is 94.9 Å². The van der Waals surface area contributed by atoms with E-state index < -0.39 is 8.32 Å². The first kappa shape index (κ1) is 22.2. The highest BCUT2D eigenvalue weighted by Gasteiger charge is 2.57. The van der Waals surface area contributed by atoms with E-state index in [1.807, 2.05) is 6.08 Å². The standard InChI is InChI=1S/C28H36O2Si/c1-6-13-23-25-19-27(20(2)24(25)18-26(23)29)30-31(28(3,4)5,21-14-9-7-10-15-21)22-16-11-8-12-17-22/h6-12,14-17,20,23-25,27H,1,13,18-19H2,2-5H3/t20-,23-,24-,25-,27-/m1/s1. The summed E-state index contributed by atoms with van der Waals surface area (Å²) in [5, 5.41) is 2.64. The highest BCUT2D eigenvalue weighted by Crippen LogP contribution is 2.52. The summed E-state index contributed by atoms with van der Waals surface area (Å²) in [6.07, 6.45) is 4.61. The van der Waals surface area contributed by atoms with Gasteiger partial charge in [0.1, 0.15) is 5.78 Å². The lowest BCUT2D eigenvalue weighted by Gasteiger charge is -2.45. The lowest BCUT2D eigenvalue weighted by Crippen LogP contribution is -2.68. The largest absolute Gasteiger partial charge is 0.404 e. The number of carbonyl (C=O) groups excluding carboxylic acids is 1. The van der Waals surface area contributed by atoms with Gasteiger partial charge in [0.2, 0.25) is 0 Å². The average molecular weight is 433 g/mol. The lowest BCUT2D eigenvalue weighted by atomic mass is 9.88. The summed E-state index contributed by atoms with van der Waals surface area (Å²) in [6.45, 7) is 13.2. The number of ketones is 1. The van der Waals surface area contributed by atoms with Crippen LogP contribution in [0.4, 0.5) is 0 Å². The maximum absolute atomic E-state index is 12.6. The van der Waals surface area contributed by atoms with Gasteiger partial charge in [0.05, 0.1) is 0 Å². The SMILES string of the molecule is C=CC[C@H]1C(=O)C[C@@H]2[C@@H](C)[C@H](O[Si](c3ccccc3)(c3ccccc3)C(C)(C)C)C[C@@H]21. The number of hydrogen-bond donors (Lipinski definition) is 0. The van der Waals surface area contributed by atoms with Crippen LogP contribution in [-0.2, 0) is 9.22 Å². The second kappa shape index (κ2) is 8.52. The summed E-state index contributed by atoms with van der Waals surface area (Å²) >= 11 is 0. The summed E-state index contributed by atoms with van der Waals surface area (Å²) in [6, 6.07) is 21.8. The highest BCUT2D eigenvalue weighted by atomic mass is 28.4. The second-order valence-corrected chi connectivity index (χ2v) is 14.8. The number of Topliss-reactive ketones (excluding diaryl/α,β-unsaturated/α-hetero) is 1. The fraction of sp³-hybridized carbons (Fsp3) is 0.464. The number of benzene rings is 2. The van der Waals surface area contributed by atoms with Crippen LogP contribution in [-0.4, -0.2) is 20.2 Å². The van der Waals surface area contributed by atoms with Crippen LogP contribution in [0.25, 0.3) is 0 Å². The summed E-state index contributed by atoms with van der Waals surface area (Å²) in [4.78, 5) is 12.6. The molecule has 4 rings (SSSR count). The van der Waals surface area contributed by atoms with E-state index >= 15 is 0 Å². The smallest absolute Gasteiger partial charge is 0.261 e. The van der Waals surface area contributed by atoms with Gasteiger partial charge in [-0.1, -0.05) is 94.4 Å². The molecule has 0 heterocycles. The molecular formula is C28H36O2Si. The van der Waals surface area contributed by atoms with Gasteiger partial charge in [0.15, 0.2) is 0 Å². The van der Waals surface area contributed by atoms with Crippen molar-refractivity contribution in [3.63, 3.8) is 0 Å². The number of carbonyl (C=O) groups is 1. The Hall–Kier alpha value is -1.97. The van der Waals surface area contributed by atoms with Crippen molar-refractivity contribution in [1.29, 1.82) is 0 Å². The Balaban J connectivity index is 1.76. The first-order chi connectivity index (χ1) is 14.8. The molecule has 5 atom stereocenters. The van der Waals surface area contributed by atoms with Gasteiger partial charge in [-0.3, -0.25) is 4.79 Å². The van der Waals surface area contributed by atoms with E-state index in [0.29, 0.717) is 30.0 Å². The van der Waals surface area contributed by atoms with E-state index in [9.17, 15) is 4.79 Å². The van der Waals surface area contributed by atoms with Crippen molar-refractivity contribution in [3.8, 4) is 0 Å². The monoisotopic (exact) mass is 432 g/mol. The average Bonchev–Trinajstić information content (AvgIpc) is 3.22. The summed E-state index contributed by atoms with van der Waals surface area (Å²) in [5.41, 5.74) is 0. The summed E-state index contributed by atoms with van der Waals surface area (Å²) in [7, 11) is -2.57. The lowest BCUT2D eigenvalue weighted by molar-refractivity contribution is -0.121. The van der Waals surface area contributed by atoms with Crippen LogP contribution in [0.5, 0.6) is 0 Å². The zero-order valence-electron chi connectivity index (χ0n) is 19.4. The number of rotatable bonds is 6. The predicted molar refractivity (Wildman–Crippen MR) is 131 cm³/mol. The third-order valence-electron chi connectivity index (χ3n) is 7.85. The van der Waals surface area contributed by atoms with Crippen molar-refractivity contribution >= 4 is 24.5 Å². The molecule has 2 aromatic rings. The first-order valence-corrected chi connectivity index (χ1v) is 13.6. The van der Waals surface area contributed by atoms with Crippen LogP contribution in [0, 0.1) is 23.7 Å². The molecule has 0 amide bonds. The molecule has 2 aromatic carbocycles. The van der Waals surface area contributed by atoms with Crippen LogP contribution >= 0.6 is 0 Å². The first-order valence-electron chi connectivity index (χ1n) is 11.7. The molecule has 0 aliphatic heterocycles. The Morgan fingerprint density at radius 2 is 1.55 bits per heavy atom. The molecule has 0 N–H and O–H groups in total. The number of hydrogen-bond acceptors (Lipinski definition) is 2. The van der Waals surface area contributed by atoms with Gasteiger partial charge in [-0.25, -0.2) is 0 Å². The van der Waals surface area contributed by atoms with Crippen LogP contribution in [0.3, 0.4) is 0 Å². The van der Waals surface area contributed by atoms with Crippen LogP contribution < -0.4 is 10.4 Å². The van der Waals surface area contributed by atoms with E-state index in [0.717, 1.165) is 12.8 Å². The zero-order chi connectivity index (χ0) is 22.2. The van der Waals surface area contributed by atoms with Gasteiger partial charge in [0, 0.05) is 18.4 Å². The fourth-order valence-electron chi connectivity index (χ4n) is 6.31. The Morgan fingerprint density at radius 3 is 2.03 bits per heavy atom. The molecule has 2 aliphatic rings. The molecular weight excluding hydrogens is 396 g/mol. The molecule has 164 valence electrons. The second-order valence-electron chi connectivity index (χ2n) is 10.5. The van der Waals surface area contributed by atoms with Gasteiger partial charge in [-0.2, -0.15) is 0 Å². The molecule has 31 heavy (non-hydrogen) atoms. The van der Waals surface area contributed by atoms with Crippen LogP contribution in [0.15, 0.2) is 73.3 Å². The van der Waals surface area contributed by atoms with Crippen molar-refractivity contribution in [3.05, 3.63) is 73.3 Å². The molecule has 2 fully saturated rings. The molecule has 0 bridgehead atoms. The number of allylic oxidation sites excluding steroid dienone is 1. The van der Waals surface area contributed by atoms with Crippen LogP contribution in [0.1, 0.15) is 47.0 Å². The van der Waals surface area contributed by atoms with E-state index in [1.54, 1.807) is 0 Å². The summed E-state index contributed by atoms with van der Waals surface area (Å²) in [5.74, 6) is 1.85. The minimum Gasteiger partial charge on any atom is -0.404 e. The predicted octanol–water partition coefficient (Wildman–Crippen LogP) is 5.37. The quantitative estimate of drug-likeness (QED) is 0.453. The molecule has 0 unspecified atom stereocenters. The van der Waals surface area contributed by atoms with Crippen molar-refractivity contribution in [1.82, 2.24) is 0 Å². The third kappa shape index (κ3) is 3.76. The van der Waals surface area contributed by atoms with Crippen molar-refractivity contribution in [2.45, 2.75) is 58.1 Å². The molecule has 2 nitrogen and oxygen atoms in total. The molecule has 0 radical (unpaired) electrons. The number of fused-ring (bicyclic) bond motifs is 1. The minimum atomic E-state index is -2.57. The Kier molecular flexibility index (Phi) is 6.11. The van der Waals surface area contributed by atoms with E-state index in [4.69, 9.17) is 4.43 Å². The topological polar surface area (TPSA) is 26.3 Å². The molecule has 0 saturated heterocycles. The normalized spacial score (nSPS) is 28.5. The highest BCUT2D eigenvalue weighted by molar-refractivity contribution is 6.99. The van der Waals surface area contributed by atoms with Gasteiger partial charge in [-0.15, -0.1) is 6.58 Å². The fourth-order valence-corrected chi connectivity index (χ4v) is 11.1. The van der Waals surface area contributed by atoms with Crippen molar-refractivity contribution in [2.24, 2.45) is 23.7 Å². The Morgan fingerprint density at radius 1 is 1.00 bits per heavy atom.